The molecule has 1 atom stereocenters. The first-order chi connectivity index (χ1) is 11.0. The summed E-state index contributed by atoms with van der Waals surface area (Å²) >= 11 is 1.62. The van der Waals surface area contributed by atoms with Gasteiger partial charge in [0.2, 0.25) is 0 Å². The van der Waals surface area contributed by atoms with Gasteiger partial charge in [-0.05, 0) is 30.2 Å². The highest BCUT2D eigenvalue weighted by Gasteiger charge is 2.24. The SMILES string of the molecule is CC(C)C(Sc1ccccc1)N(C)C(=O)Nc1ccccc1F. The van der Waals surface area contributed by atoms with E-state index < -0.39 is 5.82 Å². The van der Waals surface area contributed by atoms with Crippen LogP contribution in [0.4, 0.5) is 14.9 Å². The van der Waals surface area contributed by atoms with Gasteiger partial charge in [-0.25, -0.2) is 9.18 Å². The van der Waals surface area contributed by atoms with Crippen LogP contribution in [0.1, 0.15) is 13.8 Å². The number of rotatable bonds is 5. The minimum atomic E-state index is -0.439. The number of nitrogens with one attached hydrogen (secondary N) is 1. The fourth-order valence-electron chi connectivity index (χ4n) is 2.18. The Bertz CT molecular complexity index is 648. The zero-order valence-electron chi connectivity index (χ0n) is 13.5. The summed E-state index contributed by atoms with van der Waals surface area (Å²) in [5, 5.41) is 2.58. The van der Waals surface area contributed by atoms with Gasteiger partial charge in [0.25, 0.3) is 0 Å². The van der Waals surface area contributed by atoms with Crippen LogP contribution in [0.2, 0.25) is 0 Å². The molecule has 0 aliphatic heterocycles. The molecule has 0 aromatic heterocycles. The molecule has 0 radical (unpaired) electrons. The Kier molecular flexibility index (Phi) is 6.04. The summed E-state index contributed by atoms with van der Waals surface area (Å²) in [5.74, 6) is -0.192. The summed E-state index contributed by atoms with van der Waals surface area (Å²) in [6.07, 6.45) is 0. The van der Waals surface area contributed by atoms with Gasteiger partial charge in [0.15, 0.2) is 0 Å². The molecule has 0 heterocycles. The van der Waals surface area contributed by atoms with E-state index >= 15 is 0 Å². The molecule has 2 rings (SSSR count). The lowest BCUT2D eigenvalue weighted by atomic mass is 10.2. The third-order valence-electron chi connectivity index (χ3n) is 3.39. The number of hydrogen-bond acceptors (Lipinski definition) is 2. The topological polar surface area (TPSA) is 32.3 Å². The maximum Gasteiger partial charge on any atom is 0.322 e. The molecular formula is C18H21FN2OS. The molecule has 2 amide bonds. The fourth-order valence-corrected chi connectivity index (χ4v) is 3.30. The molecule has 2 aromatic rings. The second-order valence-corrected chi connectivity index (χ2v) is 6.78. The van der Waals surface area contributed by atoms with Crippen molar-refractivity contribution < 1.29 is 9.18 Å². The Morgan fingerprint density at radius 2 is 1.70 bits per heavy atom. The number of halogens is 1. The van der Waals surface area contributed by atoms with Crippen molar-refractivity contribution in [2.24, 2.45) is 5.92 Å². The number of thioether (sulfide) groups is 1. The molecule has 0 bridgehead atoms. The summed E-state index contributed by atoms with van der Waals surface area (Å²) in [5.41, 5.74) is 0.191. The zero-order chi connectivity index (χ0) is 16.8. The second kappa shape index (κ2) is 8.02. The van der Waals surface area contributed by atoms with Crippen molar-refractivity contribution >= 4 is 23.5 Å². The Hall–Kier alpha value is -2.01. The van der Waals surface area contributed by atoms with Gasteiger partial charge in [-0.15, -0.1) is 11.8 Å². The van der Waals surface area contributed by atoms with Crippen molar-refractivity contribution in [3.8, 4) is 0 Å². The molecule has 0 spiro atoms. The van der Waals surface area contributed by atoms with Crippen molar-refractivity contribution in [3.63, 3.8) is 0 Å². The van der Waals surface area contributed by atoms with Crippen molar-refractivity contribution in [2.75, 3.05) is 12.4 Å². The predicted molar refractivity (Wildman–Crippen MR) is 94.1 cm³/mol. The molecule has 0 aliphatic carbocycles. The van der Waals surface area contributed by atoms with E-state index in [1.54, 1.807) is 41.9 Å². The quantitative estimate of drug-likeness (QED) is 0.613. The number of hydrogen-bond donors (Lipinski definition) is 1. The largest absolute Gasteiger partial charge is 0.322 e. The van der Waals surface area contributed by atoms with Gasteiger partial charge < -0.3 is 10.2 Å². The Balaban J connectivity index is 2.09. The average molecular weight is 332 g/mol. The summed E-state index contributed by atoms with van der Waals surface area (Å²) < 4.78 is 13.7. The molecule has 0 saturated heterocycles. The van der Waals surface area contributed by atoms with E-state index in [2.05, 4.69) is 19.2 Å². The van der Waals surface area contributed by atoms with Crippen LogP contribution in [0, 0.1) is 11.7 Å². The molecule has 122 valence electrons. The van der Waals surface area contributed by atoms with Gasteiger partial charge in [-0.2, -0.15) is 0 Å². The Labute approximate surface area is 140 Å². The number of anilines is 1. The molecule has 0 fully saturated rings. The van der Waals surface area contributed by atoms with E-state index in [1.165, 1.54) is 6.07 Å². The van der Waals surface area contributed by atoms with Gasteiger partial charge >= 0.3 is 6.03 Å². The van der Waals surface area contributed by atoms with Crippen LogP contribution >= 0.6 is 11.8 Å². The van der Waals surface area contributed by atoms with Crippen LogP contribution in [0.15, 0.2) is 59.5 Å². The lowest BCUT2D eigenvalue weighted by Gasteiger charge is -2.30. The van der Waals surface area contributed by atoms with E-state index in [-0.39, 0.29) is 23.0 Å². The number of para-hydroxylation sites is 1. The zero-order valence-corrected chi connectivity index (χ0v) is 14.3. The fraction of sp³-hybridized carbons (Fsp3) is 0.278. The first-order valence-electron chi connectivity index (χ1n) is 7.49. The number of amides is 2. The van der Waals surface area contributed by atoms with Crippen LogP contribution in [0.3, 0.4) is 0 Å². The van der Waals surface area contributed by atoms with Crippen molar-refractivity contribution in [1.82, 2.24) is 4.90 Å². The third kappa shape index (κ3) is 4.73. The van der Waals surface area contributed by atoms with Gasteiger partial charge in [0.1, 0.15) is 5.82 Å². The summed E-state index contributed by atoms with van der Waals surface area (Å²) in [6.45, 7) is 4.13. The predicted octanol–water partition coefficient (Wildman–Crippen LogP) is 5.06. The average Bonchev–Trinajstić information content (AvgIpc) is 2.54. The number of carbonyl (C=O) groups is 1. The van der Waals surface area contributed by atoms with Gasteiger partial charge in [-0.1, -0.05) is 44.2 Å². The molecule has 23 heavy (non-hydrogen) atoms. The van der Waals surface area contributed by atoms with E-state index in [4.69, 9.17) is 0 Å². The Morgan fingerprint density at radius 3 is 2.30 bits per heavy atom. The van der Waals surface area contributed by atoms with E-state index in [9.17, 15) is 9.18 Å². The molecule has 3 nitrogen and oxygen atoms in total. The van der Waals surface area contributed by atoms with Crippen molar-refractivity contribution in [2.45, 2.75) is 24.1 Å². The highest BCUT2D eigenvalue weighted by Crippen LogP contribution is 2.30. The monoisotopic (exact) mass is 332 g/mol. The molecule has 5 heteroatoms. The maximum absolute atomic E-state index is 13.7. The minimum Gasteiger partial charge on any atom is -0.315 e. The molecule has 2 aromatic carbocycles. The lowest BCUT2D eigenvalue weighted by molar-refractivity contribution is 0.210. The third-order valence-corrected chi connectivity index (χ3v) is 5.03. The van der Waals surface area contributed by atoms with Gasteiger partial charge in [0, 0.05) is 11.9 Å². The summed E-state index contributed by atoms with van der Waals surface area (Å²) in [6, 6.07) is 15.8. The van der Waals surface area contributed by atoms with Crippen LogP contribution in [-0.2, 0) is 0 Å². The lowest BCUT2D eigenvalue weighted by Crippen LogP contribution is -2.41. The van der Waals surface area contributed by atoms with Crippen molar-refractivity contribution in [1.29, 1.82) is 0 Å². The number of urea groups is 1. The minimum absolute atomic E-state index is 0.0517. The highest BCUT2D eigenvalue weighted by atomic mass is 32.2. The Morgan fingerprint density at radius 1 is 1.09 bits per heavy atom. The van der Waals surface area contributed by atoms with Crippen LogP contribution in [0.5, 0.6) is 0 Å². The van der Waals surface area contributed by atoms with Crippen LogP contribution < -0.4 is 5.32 Å². The van der Waals surface area contributed by atoms with E-state index in [0.717, 1.165) is 4.90 Å². The molecule has 0 aliphatic rings. The molecule has 1 N–H and O–H groups in total. The van der Waals surface area contributed by atoms with E-state index in [1.807, 2.05) is 30.3 Å². The van der Waals surface area contributed by atoms with Crippen molar-refractivity contribution in [3.05, 3.63) is 60.4 Å². The first-order valence-corrected chi connectivity index (χ1v) is 8.37. The summed E-state index contributed by atoms with van der Waals surface area (Å²) in [4.78, 5) is 15.1. The smallest absolute Gasteiger partial charge is 0.315 e. The second-order valence-electron chi connectivity index (χ2n) is 5.59. The van der Waals surface area contributed by atoms with Crippen LogP contribution in [0.25, 0.3) is 0 Å². The van der Waals surface area contributed by atoms with E-state index in [0.29, 0.717) is 0 Å². The number of carbonyl (C=O) groups excluding carboxylic acids is 1. The first kappa shape index (κ1) is 17.3. The van der Waals surface area contributed by atoms with Crippen LogP contribution in [-0.4, -0.2) is 23.4 Å². The standard InChI is InChI=1S/C18H21FN2OS/c1-13(2)17(23-14-9-5-4-6-10-14)21(3)18(22)20-16-12-8-7-11-15(16)19/h4-13,17H,1-3H3,(H,20,22). The molecular weight excluding hydrogens is 311 g/mol. The molecule has 1 unspecified atom stereocenters. The summed E-state index contributed by atoms with van der Waals surface area (Å²) in [7, 11) is 1.73. The van der Waals surface area contributed by atoms with Gasteiger partial charge in [0.05, 0.1) is 11.1 Å². The number of benzene rings is 2. The molecule has 0 saturated carbocycles. The highest BCUT2D eigenvalue weighted by molar-refractivity contribution is 8.00. The van der Waals surface area contributed by atoms with Gasteiger partial charge in [-0.3, -0.25) is 0 Å². The maximum atomic E-state index is 13.7. The normalized spacial score (nSPS) is 12.0. The number of nitrogens with zero attached hydrogens (tertiary/aromatic N) is 1.